The van der Waals surface area contributed by atoms with Crippen LogP contribution in [0.15, 0.2) is 23.6 Å². The molecule has 1 aromatic heterocycles. The molecule has 3 rings (SSSR count). The molecule has 0 saturated heterocycles. The van der Waals surface area contributed by atoms with Gasteiger partial charge in [-0.25, -0.2) is 0 Å². The zero-order valence-corrected chi connectivity index (χ0v) is 15.6. The summed E-state index contributed by atoms with van der Waals surface area (Å²) in [5.74, 6) is 0.741. The maximum atomic E-state index is 12.8. The number of rotatable bonds is 4. The maximum Gasteiger partial charge on any atom is 0.245 e. The Labute approximate surface area is 151 Å². The summed E-state index contributed by atoms with van der Waals surface area (Å²) in [6.07, 6.45) is 0.939. The van der Waals surface area contributed by atoms with E-state index in [1.54, 1.807) is 24.5 Å². The molecule has 2 heterocycles. The molecule has 1 N–H and O–H groups in total. The first kappa shape index (κ1) is 17.1. The number of benzene rings is 1. The summed E-state index contributed by atoms with van der Waals surface area (Å²) in [7, 11) is 1.60. The predicted molar refractivity (Wildman–Crippen MR) is 99.3 cm³/mol. The van der Waals surface area contributed by atoms with Crippen LogP contribution in [0.1, 0.15) is 22.9 Å². The van der Waals surface area contributed by atoms with Gasteiger partial charge in [-0.3, -0.25) is 4.79 Å². The van der Waals surface area contributed by atoms with E-state index in [0.717, 1.165) is 24.2 Å². The number of hydrogen-bond acceptors (Lipinski definition) is 4. The molecule has 0 bridgehead atoms. The van der Waals surface area contributed by atoms with Gasteiger partial charge >= 0.3 is 0 Å². The molecule has 128 valence electrons. The molecule has 0 aliphatic carbocycles. The van der Waals surface area contributed by atoms with Crippen LogP contribution in [0.25, 0.3) is 0 Å². The van der Waals surface area contributed by atoms with E-state index in [2.05, 4.69) is 16.8 Å². The minimum atomic E-state index is -0.334. The zero-order valence-electron chi connectivity index (χ0n) is 14.1. The number of nitrogens with zero attached hydrogens (tertiary/aromatic N) is 1. The lowest BCUT2D eigenvalue weighted by Crippen LogP contribution is -2.43. The van der Waals surface area contributed by atoms with Crippen LogP contribution in [-0.2, 0) is 17.8 Å². The Bertz CT molecular complexity index is 759. The molecule has 1 aromatic carbocycles. The van der Waals surface area contributed by atoms with E-state index in [1.165, 1.54) is 10.4 Å². The van der Waals surface area contributed by atoms with E-state index in [0.29, 0.717) is 17.3 Å². The van der Waals surface area contributed by atoms with Crippen LogP contribution in [0.2, 0.25) is 5.02 Å². The van der Waals surface area contributed by atoms with E-state index in [4.69, 9.17) is 16.3 Å². The summed E-state index contributed by atoms with van der Waals surface area (Å²) >= 11 is 7.92. The van der Waals surface area contributed by atoms with Gasteiger partial charge in [0.25, 0.3) is 0 Å². The number of fused-ring (bicyclic) bond motifs is 1. The Morgan fingerprint density at radius 1 is 1.46 bits per heavy atom. The molecular formula is C18H21ClN2O2S. The van der Waals surface area contributed by atoms with Crippen molar-refractivity contribution >= 4 is 34.5 Å². The lowest BCUT2D eigenvalue weighted by atomic mass is 10.1. The minimum Gasteiger partial charge on any atom is -0.495 e. The fourth-order valence-corrected chi connectivity index (χ4v) is 3.99. The van der Waals surface area contributed by atoms with Gasteiger partial charge in [0.1, 0.15) is 11.8 Å². The van der Waals surface area contributed by atoms with Gasteiger partial charge < -0.3 is 15.0 Å². The summed E-state index contributed by atoms with van der Waals surface area (Å²) in [4.78, 5) is 16.1. The van der Waals surface area contributed by atoms with Crippen molar-refractivity contribution in [2.75, 3.05) is 19.0 Å². The van der Waals surface area contributed by atoms with Crippen LogP contribution in [0.3, 0.4) is 0 Å². The average Bonchev–Trinajstić information content (AvgIpc) is 3.04. The molecule has 0 fully saturated rings. The van der Waals surface area contributed by atoms with Gasteiger partial charge in [0.2, 0.25) is 5.91 Å². The normalized spacial score (nSPS) is 14.9. The highest BCUT2D eigenvalue weighted by molar-refractivity contribution is 7.10. The zero-order chi connectivity index (χ0) is 17.3. The highest BCUT2D eigenvalue weighted by Crippen LogP contribution is 2.32. The van der Waals surface area contributed by atoms with Crippen LogP contribution in [-0.4, -0.2) is 30.5 Å². The van der Waals surface area contributed by atoms with Crippen molar-refractivity contribution < 1.29 is 9.53 Å². The third kappa shape index (κ3) is 3.37. The fourth-order valence-electron chi connectivity index (χ4n) is 2.95. The first-order valence-electron chi connectivity index (χ1n) is 7.94. The maximum absolute atomic E-state index is 12.8. The van der Waals surface area contributed by atoms with E-state index in [1.807, 2.05) is 24.8 Å². The smallest absolute Gasteiger partial charge is 0.245 e. The SMILES string of the molecule is COc1cc(Cl)c(C)cc1NC(C)C(=O)N1CCc2sccc2C1. The first-order chi connectivity index (χ1) is 11.5. The second-order valence-corrected chi connectivity index (χ2v) is 7.45. The second-order valence-electron chi connectivity index (χ2n) is 6.05. The van der Waals surface area contributed by atoms with Crippen molar-refractivity contribution in [2.45, 2.75) is 32.9 Å². The molecule has 1 amide bonds. The molecule has 1 unspecified atom stereocenters. The molecule has 0 spiro atoms. The summed E-state index contributed by atoms with van der Waals surface area (Å²) in [6, 6.07) is 5.47. The molecule has 6 heteroatoms. The lowest BCUT2D eigenvalue weighted by molar-refractivity contribution is -0.132. The van der Waals surface area contributed by atoms with Gasteiger partial charge in [-0.2, -0.15) is 0 Å². The fraction of sp³-hybridized carbons (Fsp3) is 0.389. The largest absolute Gasteiger partial charge is 0.495 e. The molecule has 0 radical (unpaired) electrons. The number of anilines is 1. The number of aryl methyl sites for hydroxylation is 1. The molecule has 2 aromatic rings. The van der Waals surface area contributed by atoms with Crippen LogP contribution in [0, 0.1) is 6.92 Å². The highest BCUT2D eigenvalue weighted by atomic mass is 35.5. The number of carbonyl (C=O) groups is 1. The summed E-state index contributed by atoms with van der Waals surface area (Å²) in [6.45, 7) is 5.28. The number of halogens is 1. The van der Waals surface area contributed by atoms with E-state index < -0.39 is 0 Å². The number of thiophene rings is 1. The van der Waals surface area contributed by atoms with Gasteiger partial charge in [-0.15, -0.1) is 11.3 Å². The van der Waals surface area contributed by atoms with E-state index in [-0.39, 0.29) is 11.9 Å². The third-order valence-electron chi connectivity index (χ3n) is 4.34. The van der Waals surface area contributed by atoms with Crippen LogP contribution >= 0.6 is 22.9 Å². The van der Waals surface area contributed by atoms with Gasteiger partial charge in [0, 0.05) is 29.1 Å². The molecule has 1 aliphatic rings. The second kappa shape index (κ2) is 7.03. The van der Waals surface area contributed by atoms with E-state index >= 15 is 0 Å². The summed E-state index contributed by atoms with van der Waals surface area (Å²) in [5, 5.41) is 6.02. The third-order valence-corrected chi connectivity index (χ3v) is 5.77. The van der Waals surface area contributed by atoms with Gasteiger partial charge in [-0.05, 0) is 48.9 Å². The van der Waals surface area contributed by atoms with Crippen LogP contribution < -0.4 is 10.1 Å². The van der Waals surface area contributed by atoms with Crippen LogP contribution in [0.5, 0.6) is 5.75 Å². The number of nitrogens with one attached hydrogen (secondary N) is 1. The Morgan fingerprint density at radius 3 is 3.00 bits per heavy atom. The van der Waals surface area contributed by atoms with Crippen molar-refractivity contribution in [3.63, 3.8) is 0 Å². The van der Waals surface area contributed by atoms with Crippen molar-refractivity contribution in [1.82, 2.24) is 4.90 Å². The number of hydrogen-bond donors (Lipinski definition) is 1. The molecule has 4 nitrogen and oxygen atoms in total. The lowest BCUT2D eigenvalue weighted by Gasteiger charge is -2.30. The molecule has 0 saturated carbocycles. The first-order valence-corrected chi connectivity index (χ1v) is 9.20. The Balaban J connectivity index is 1.72. The Morgan fingerprint density at radius 2 is 2.25 bits per heavy atom. The Hall–Kier alpha value is -1.72. The van der Waals surface area contributed by atoms with Crippen molar-refractivity contribution in [3.05, 3.63) is 44.6 Å². The number of carbonyl (C=O) groups excluding carboxylic acids is 1. The van der Waals surface area contributed by atoms with Crippen LogP contribution in [0.4, 0.5) is 5.69 Å². The number of methoxy groups -OCH3 is 1. The molecule has 1 atom stereocenters. The number of amides is 1. The average molecular weight is 365 g/mol. The quantitative estimate of drug-likeness (QED) is 0.887. The summed E-state index contributed by atoms with van der Waals surface area (Å²) in [5.41, 5.74) is 3.00. The predicted octanol–water partition coefficient (Wildman–Crippen LogP) is 4.10. The van der Waals surface area contributed by atoms with Crippen molar-refractivity contribution in [1.29, 1.82) is 0 Å². The summed E-state index contributed by atoms with van der Waals surface area (Å²) < 4.78 is 5.37. The monoisotopic (exact) mass is 364 g/mol. The van der Waals surface area contributed by atoms with Crippen molar-refractivity contribution in [2.24, 2.45) is 0 Å². The molecule has 1 aliphatic heterocycles. The standard InChI is InChI=1S/C18H21ClN2O2S/c1-11-8-15(16(23-3)9-14(11)19)20-12(2)18(22)21-6-4-17-13(10-21)5-7-24-17/h5,7-9,12,20H,4,6,10H2,1-3H3. The topological polar surface area (TPSA) is 41.6 Å². The Kier molecular flexibility index (Phi) is 5.01. The number of ether oxygens (including phenoxy) is 1. The van der Waals surface area contributed by atoms with Gasteiger partial charge in [0.15, 0.2) is 0 Å². The minimum absolute atomic E-state index is 0.0986. The molecule has 24 heavy (non-hydrogen) atoms. The van der Waals surface area contributed by atoms with E-state index in [9.17, 15) is 4.79 Å². The highest BCUT2D eigenvalue weighted by Gasteiger charge is 2.25. The van der Waals surface area contributed by atoms with Gasteiger partial charge in [-0.1, -0.05) is 11.6 Å². The van der Waals surface area contributed by atoms with Gasteiger partial charge in [0.05, 0.1) is 12.8 Å². The van der Waals surface area contributed by atoms with Crippen molar-refractivity contribution in [3.8, 4) is 5.75 Å². The molecular weight excluding hydrogens is 344 g/mol.